The highest BCUT2D eigenvalue weighted by molar-refractivity contribution is 8.00. The summed E-state index contributed by atoms with van der Waals surface area (Å²) in [5, 5.41) is 12.4. The molecule has 3 nitrogen and oxygen atoms in total. The first kappa shape index (κ1) is 16.0. The molecule has 0 unspecified atom stereocenters. The molecule has 0 aliphatic heterocycles. The van der Waals surface area contributed by atoms with Gasteiger partial charge >= 0.3 is 0 Å². The van der Waals surface area contributed by atoms with Gasteiger partial charge in [-0.25, -0.2) is 0 Å². The second kappa shape index (κ2) is 7.07. The molecule has 0 bridgehead atoms. The third-order valence-corrected chi connectivity index (χ3v) is 4.28. The summed E-state index contributed by atoms with van der Waals surface area (Å²) in [5.41, 5.74) is 1.63. The Morgan fingerprint density at radius 1 is 1.19 bits per heavy atom. The molecule has 2 rings (SSSR count). The monoisotopic (exact) mass is 341 g/mol. The van der Waals surface area contributed by atoms with Gasteiger partial charge in [0.2, 0.25) is 5.91 Å². The van der Waals surface area contributed by atoms with Gasteiger partial charge in [0.1, 0.15) is 0 Å². The highest BCUT2D eigenvalue weighted by Gasteiger charge is 2.09. The number of benzene rings is 2. The smallest absolute Gasteiger partial charge is 0.234 e. The number of aryl methyl sites for hydroxylation is 1. The Morgan fingerprint density at radius 2 is 1.76 bits per heavy atom. The van der Waals surface area contributed by atoms with E-state index in [4.69, 9.17) is 23.2 Å². The van der Waals surface area contributed by atoms with Crippen LogP contribution in [0.5, 0.6) is 5.75 Å². The summed E-state index contributed by atoms with van der Waals surface area (Å²) >= 11 is 13.0. The number of aromatic hydroxyl groups is 1. The van der Waals surface area contributed by atoms with Crippen LogP contribution >= 0.6 is 35.0 Å². The van der Waals surface area contributed by atoms with Gasteiger partial charge in [-0.15, -0.1) is 11.8 Å². The molecule has 0 atom stereocenters. The van der Waals surface area contributed by atoms with Crippen molar-refractivity contribution in [1.82, 2.24) is 0 Å². The van der Waals surface area contributed by atoms with Crippen molar-refractivity contribution in [3.63, 3.8) is 0 Å². The van der Waals surface area contributed by atoms with Crippen molar-refractivity contribution >= 4 is 46.6 Å². The Labute approximate surface area is 137 Å². The van der Waals surface area contributed by atoms with Gasteiger partial charge in [0.05, 0.1) is 15.8 Å². The number of hydrogen-bond acceptors (Lipinski definition) is 3. The molecule has 0 aliphatic carbocycles. The maximum absolute atomic E-state index is 11.9. The van der Waals surface area contributed by atoms with E-state index >= 15 is 0 Å². The topological polar surface area (TPSA) is 49.3 Å². The molecule has 0 fully saturated rings. The highest BCUT2D eigenvalue weighted by atomic mass is 35.5. The summed E-state index contributed by atoms with van der Waals surface area (Å²) in [7, 11) is 0. The molecule has 2 aromatic rings. The van der Waals surface area contributed by atoms with E-state index < -0.39 is 0 Å². The zero-order valence-corrected chi connectivity index (χ0v) is 13.5. The van der Waals surface area contributed by atoms with Gasteiger partial charge in [0.15, 0.2) is 5.75 Å². The van der Waals surface area contributed by atoms with Crippen molar-refractivity contribution in [2.75, 3.05) is 11.1 Å². The summed E-state index contributed by atoms with van der Waals surface area (Å²) in [6.07, 6.45) is 0. The van der Waals surface area contributed by atoms with Crippen LogP contribution in [0.15, 0.2) is 41.3 Å². The molecular formula is C15H13Cl2NO2S. The van der Waals surface area contributed by atoms with Gasteiger partial charge in [0.25, 0.3) is 0 Å². The Kier molecular flexibility index (Phi) is 5.39. The maximum Gasteiger partial charge on any atom is 0.234 e. The lowest BCUT2D eigenvalue weighted by atomic mass is 10.2. The number of carbonyl (C=O) groups excluding carboxylic acids is 1. The van der Waals surface area contributed by atoms with E-state index in [9.17, 15) is 9.90 Å². The lowest BCUT2D eigenvalue weighted by Crippen LogP contribution is -2.13. The van der Waals surface area contributed by atoms with Crippen molar-refractivity contribution in [2.45, 2.75) is 11.8 Å². The number of anilines is 1. The largest absolute Gasteiger partial charge is 0.505 e. The quantitative estimate of drug-likeness (QED) is 0.623. The van der Waals surface area contributed by atoms with E-state index in [1.54, 1.807) is 0 Å². The number of phenols is 1. The fourth-order valence-electron chi connectivity index (χ4n) is 1.62. The first-order valence-corrected chi connectivity index (χ1v) is 7.87. The molecule has 0 saturated heterocycles. The molecule has 21 heavy (non-hydrogen) atoms. The van der Waals surface area contributed by atoms with E-state index in [2.05, 4.69) is 5.32 Å². The van der Waals surface area contributed by atoms with Crippen LogP contribution in [0, 0.1) is 6.92 Å². The fraction of sp³-hybridized carbons (Fsp3) is 0.133. The van der Waals surface area contributed by atoms with Crippen molar-refractivity contribution in [2.24, 2.45) is 0 Å². The normalized spacial score (nSPS) is 10.4. The summed E-state index contributed by atoms with van der Waals surface area (Å²) in [6, 6.07) is 10.9. The van der Waals surface area contributed by atoms with Crippen LogP contribution < -0.4 is 5.32 Å². The number of nitrogens with one attached hydrogen (secondary N) is 1. The average Bonchev–Trinajstić information content (AvgIpc) is 2.44. The number of rotatable bonds is 4. The molecule has 2 N–H and O–H groups in total. The molecule has 6 heteroatoms. The zero-order chi connectivity index (χ0) is 15.4. The lowest BCUT2D eigenvalue weighted by molar-refractivity contribution is -0.113. The third-order valence-electron chi connectivity index (χ3n) is 2.69. The Balaban J connectivity index is 1.94. The summed E-state index contributed by atoms with van der Waals surface area (Å²) < 4.78 is 0. The van der Waals surface area contributed by atoms with E-state index in [0.29, 0.717) is 5.69 Å². The molecule has 0 radical (unpaired) electrons. The van der Waals surface area contributed by atoms with E-state index in [1.165, 1.54) is 29.5 Å². The van der Waals surface area contributed by atoms with E-state index in [-0.39, 0.29) is 27.5 Å². The minimum atomic E-state index is -0.189. The van der Waals surface area contributed by atoms with Crippen molar-refractivity contribution in [1.29, 1.82) is 0 Å². The maximum atomic E-state index is 11.9. The molecule has 2 aromatic carbocycles. The molecule has 1 amide bonds. The SMILES string of the molecule is Cc1ccc(SCC(=O)Nc2cc(Cl)c(O)c(Cl)c2)cc1. The van der Waals surface area contributed by atoms with Gasteiger partial charge in [-0.2, -0.15) is 0 Å². The molecule has 0 aliphatic rings. The second-order valence-electron chi connectivity index (χ2n) is 4.44. The van der Waals surface area contributed by atoms with Crippen molar-refractivity contribution < 1.29 is 9.90 Å². The fourth-order valence-corrected chi connectivity index (χ4v) is 2.80. The summed E-state index contributed by atoms with van der Waals surface area (Å²) in [5.74, 6) is -0.0807. The van der Waals surface area contributed by atoms with Gasteiger partial charge in [-0.1, -0.05) is 40.9 Å². The van der Waals surface area contributed by atoms with Gasteiger partial charge in [0, 0.05) is 10.6 Å². The number of thioether (sulfide) groups is 1. The minimum absolute atomic E-state index is 0.101. The van der Waals surface area contributed by atoms with Gasteiger partial charge in [-0.05, 0) is 31.2 Å². The Bertz CT molecular complexity index is 636. The molecular weight excluding hydrogens is 329 g/mol. The van der Waals surface area contributed by atoms with Gasteiger partial charge < -0.3 is 10.4 Å². The molecule has 0 heterocycles. The van der Waals surface area contributed by atoms with Crippen LogP contribution in [0.25, 0.3) is 0 Å². The third kappa shape index (κ3) is 4.56. The first-order valence-electron chi connectivity index (χ1n) is 6.13. The summed E-state index contributed by atoms with van der Waals surface area (Å²) in [4.78, 5) is 12.9. The van der Waals surface area contributed by atoms with Crippen LogP contribution in [0.2, 0.25) is 10.0 Å². The van der Waals surface area contributed by atoms with Crippen molar-refractivity contribution in [3.8, 4) is 5.75 Å². The highest BCUT2D eigenvalue weighted by Crippen LogP contribution is 2.34. The standard InChI is InChI=1S/C15H13Cl2NO2S/c1-9-2-4-11(5-3-9)21-8-14(19)18-10-6-12(16)15(20)13(17)7-10/h2-7,20H,8H2,1H3,(H,18,19). The molecule has 110 valence electrons. The average molecular weight is 342 g/mol. The van der Waals surface area contributed by atoms with Crippen LogP contribution in [-0.2, 0) is 4.79 Å². The van der Waals surface area contributed by atoms with Crippen LogP contribution in [-0.4, -0.2) is 16.8 Å². The van der Waals surface area contributed by atoms with Crippen LogP contribution in [0.3, 0.4) is 0 Å². The second-order valence-corrected chi connectivity index (χ2v) is 6.30. The van der Waals surface area contributed by atoms with E-state index in [0.717, 1.165) is 4.90 Å². The number of carbonyl (C=O) groups is 1. The molecule has 0 spiro atoms. The van der Waals surface area contributed by atoms with E-state index in [1.807, 2.05) is 31.2 Å². The van der Waals surface area contributed by atoms with Gasteiger partial charge in [-0.3, -0.25) is 4.79 Å². The molecule has 0 saturated carbocycles. The predicted molar refractivity (Wildman–Crippen MR) is 88.7 cm³/mol. The number of halogens is 2. The Morgan fingerprint density at radius 3 is 2.33 bits per heavy atom. The lowest BCUT2D eigenvalue weighted by Gasteiger charge is -2.08. The first-order chi connectivity index (χ1) is 9.95. The Hall–Kier alpha value is -1.36. The van der Waals surface area contributed by atoms with Crippen molar-refractivity contribution in [3.05, 3.63) is 52.0 Å². The van der Waals surface area contributed by atoms with Crippen LogP contribution in [0.1, 0.15) is 5.56 Å². The number of phenolic OH excluding ortho intramolecular Hbond substituents is 1. The predicted octanol–water partition coefficient (Wildman–Crippen LogP) is 4.74. The number of amides is 1. The summed E-state index contributed by atoms with van der Waals surface area (Å²) in [6.45, 7) is 2.01. The zero-order valence-electron chi connectivity index (χ0n) is 11.2. The minimum Gasteiger partial charge on any atom is -0.505 e. The molecule has 0 aromatic heterocycles. The number of hydrogen-bond donors (Lipinski definition) is 2. The van der Waals surface area contributed by atoms with Crippen LogP contribution in [0.4, 0.5) is 5.69 Å².